The Balaban J connectivity index is 2.31. The summed E-state index contributed by atoms with van der Waals surface area (Å²) in [6.45, 7) is 2.79. The topological polar surface area (TPSA) is 55.5 Å². The quantitative estimate of drug-likeness (QED) is 0.563. The molecule has 0 N–H and O–H groups in total. The molecule has 16 heavy (non-hydrogen) atoms. The molecule has 1 aliphatic heterocycles. The maximum atomic E-state index is 10.6. The molecule has 0 aromatic heterocycles. The van der Waals surface area contributed by atoms with Crippen molar-refractivity contribution in [1.82, 2.24) is 0 Å². The van der Waals surface area contributed by atoms with E-state index in [2.05, 4.69) is 4.99 Å². The molecule has 0 bridgehead atoms. The van der Waals surface area contributed by atoms with E-state index in [1.165, 1.54) is 11.6 Å². The standard InChI is InChI=1S/C12H12N2O2/c1-9-11(5-6-13-9)7-10-3-2-4-12(8-10)14(15)16/h2-4,7-8H,5-6H2,1H3/b11-7-. The van der Waals surface area contributed by atoms with Gasteiger partial charge < -0.3 is 0 Å². The summed E-state index contributed by atoms with van der Waals surface area (Å²) < 4.78 is 0. The minimum absolute atomic E-state index is 0.127. The lowest BCUT2D eigenvalue weighted by Gasteiger charge is -1.98. The Bertz CT molecular complexity index is 490. The molecule has 0 atom stereocenters. The van der Waals surface area contributed by atoms with E-state index in [4.69, 9.17) is 0 Å². The lowest BCUT2D eigenvalue weighted by Crippen LogP contribution is -1.91. The second kappa shape index (κ2) is 4.26. The monoisotopic (exact) mass is 216 g/mol. The van der Waals surface area contributed by atoms with Crippen molar-refractivity contribution in [3.05, 3.63) is 45.5 Å². The van der Waals surface area contributed by atoms with Crippen LogP contribution in [-0.2, 0) is 0 Å². The van der Waals surface area contributed by atoms with Crippen molar-refractivity contribution >= 4 is 17.5 Å². The first-order chi connectivity index (χ1) is 7.66. The second-order valence-corrected chi connectivity index (χ2v) is 3.74. The fraction of sp³-hybridized carbons (Fsp3) is 0.250. The van der Waals surface area contributed by atoms with Gasteiger partial charge in [-0.25, -0.2) is 0 Å². The molecule has 2 rings (SSSR count). The zero-order chi connectivity index (χ0) is 11.5. The largest absolute Gasteiger partial charge is 0.289 e. The van der Waals surface area contributed by atoms with E-state index in [-0.39, 0.29) is 10.6 Å². The van der Waals surface area contributed by atoms with E-state index in [0.717, 1.165) is 24.2 Å². The van der Waals surface area contributed by atoms with Crippen LogP contribution in [0.1, 0.15) is 18.9 Å². The number of hydrogen-bond acceptors (Lipinski definition) is 3. The fourth-order valence-electron chi connectivity index (χ4n) is 1.73. The minimum atomic E-state index is -0.377. The molecule has 1 heterocycles. The van der Waals surface area contributed by atoms with Crippen LogP contribution in [-0.4, -0.2) is 17.2 Å². The third kappa shape index (κ3) is 2.16. The highest BCUT2D eigenvalue weighted by Crippen LogP contribution is 2.19. The van der Waals surface area contributed by atoms with Crippen molar-refractivity contribution in [2.75, 3.05) is 6.54 Å². The van der Waals surface area contributed by atoms with Gasteiger partial charge in [0.25, 0.3) is 5.69 Å². The van der Waals surface area contributed by atoms with Crippen molar-refractivity contribution < 1.29 is 4.92 Å². The molecule has 0 saturated carbocycles. The van der Waals surface area contributed by atoms with Crippen LogP contribution in [0.4, 0.5) is 5.69 Å². The van der Waals surface area contributed by atoms with E-state index in [0.29, 0.717) is 0 Å². The summed E-state index contributed by atoms with van der Waals surface area (Å²) in [5, 5.41) is 10.6. The molecule has 1 aromatic carbocycles. The summed E-state index contributed by atoms with van der Waals surface area (Å²) in [5.41, 5.74) is 3.19. The highest BCUT2D eigenvalue weighted by atomic mass is 16.6. The fourth-order valence-corrected chi connectivity index (χ4v) is 1.73. The molecule has 0 saturated heterocycles. The van der Waals surface area contributed by atoms with Gasteiger partial charge in [0, 0.05) is 24.4 Å². The Kier molecular flexibility index (Phi) is 2.81. The lowest BCUT2D eigenvalue weighted by atomic mass is 10.1. The molecule has 1 aliphatic rings. The molecule has 4 nitrogen and oxygen atoms in total. The number of nitro groups is 1. The highest BCUT2D eigenvalue weighted by Gasteiger charge is 2.09. The van der Waals surface area contributed by atoms with Gasteiger partial charge in [-0.15, -0.1) is 0 Å². The van der Waals surface area contributed by atoms with Crippen molar-refractivity contribution in [2.45, 2.75) is 13.3 Å². The van der Waals surface area contributed by atoms with Crippen LogP contribution in [0.25, 0.3) is 6.08 Å². The number of rotatable bonds is 2. The molecule has 1 aromatic rings. The molecule has 0 amide bonds. The molecule has 0 aliphatic carbocycles. The van der Waals surface area contributed by atoms with Crippen LogP contribution in [0.5, 0.6) is 0 Å². The van der Waals surface area contributed by atoms with Crippen LogP contribution < -0.4 is 0 Å². The number of nitrogens with zero attached hydrogens (tertiary/aromatic N) is 2. The Morgan fingerprint density at radius 2 is 2.31 bits per heavy atom. The number of aliphatic imine (C=N–C) groups is 1. The summed E-state index contributed by atoms with van der Waals surface area (Å²) >= 11 is 0. The molecule has 82 valence electrons. The molecular weight excluding hydrogens is 204 g/mol. The van der Waals surface area contributed by atoms with Crippen molar-refractivity contribution in [1.29, 1.82) is 0 Å². The molecule has 0 spiro atoms. The third-order valence-corrected chi connectivity index (χ3v) is 2.62. The van der Waals surface area contributed by atoms with Gasteiger partial charge in [-0.1, -0.05) is 12.1 Å². The number of non-ortho nitro benzene ring substituents is 1. The van der Waals surface area contributed by atoms with Crippen LogP contribution in [0, 0.1) is 10.1 Å². The first-order valence-electron chi connectivity index (χ1n) is 5.13. The molecule has 0 unspecified atom stereocenters. The minimum Gasteiger partial charge on any atom is -0.289 e. The molecular formula is C12H12N2O2. The van der Waals surface area contributed by atoms with Crippen molar-refractivity contribution in [3.8, 4) is 0 Å². The summed E-state index contributed by atoms with van der Waals surface area (Å²) in [7, 11) is 0. The summed E-state index contributed by atoms with van der Waals surface area (Å²) in [4.78, 5) is 14.5. The van der Waals surface area contributed by atoms with Gasteiger partial charge in [-0.05, 0) is 30.6 Å². The Hall–Kier alpha value is -1.97. The van der Waals surface area contributed by atoms with Crippen molar-refractivity contribution in [3.63, 3.8) is 0 Å². The second-order valence-electron chi connectivity index (χ2n) is 3.74. The number of hydrogen-bond donors (Lipinski definition) is 0. The van der Waals surface area contributed by atoms with Gasteiger partial charge in [0.2, 0.25) is 0 Å². The SMILES string of the molecule is CC1=NCC/C1=C/c1cccc([N+](=O)[O-])c1. The summed E-state index contributed by atoms with van der Waals surface area (Å²) in [6.07, 6.45) is 2.90. The first kappa shape index (κ1) is 10.5. The average molecular weight is 216 g/mol. The predicted molar refractivity (Wildman–Crippen MR) is 63.7 cm³/mol. The average Bonchev–Trinajstić information content (AvgIpc) is 2.65. The van der Waals surface area contributed by atoms with Gasteiger partial charge >= 0.3 is 0 Å². The van der Waals surface area contributed by atoms with Crippen LogP contribution in [0.3, 0.4) is 0 Å². The van der Waals surface area contributed by atoms with E-state index in [9.17, 15) is 10.1 Å². The predicted octanol–water partition coefficient (Wildman–Crippen LogP) is 2.84. The van der Waals surface area contributed by atoms with E-state index >= 15 is 0 Å². The summed E-state index contributed by atoms with van der Waals surface area (Å²) in [6, 6.07) is 6.65. The van der Waals surface area contributed by atoms with Crippen LogP contribution >= 0.6 is 0 Å². The van der Waals surface area contributed by atoms with E-state index < -0.39 is 0 Å². The molecule has 0 fully saturated rings. The molecule has 0 radical (unpaired) electrons. The number of nitro benzene ring substituents is 1. The summed E-state index contributed by atoms with van der Waals surface area (Å²) in [5.74, 6) is 0. The van der Waals surface area contributed by atoms with Crippen LogP contribution in [0.2, 0.25) is 0 Å². The Labute approximate surface area is 93.5 Å². The highest BCUT2D eigenvalue weighted by molar-refractivity contribution is 6.03. The molecule has 4 heteroatoms. The van der Waals surface area contributed by atoms with Gasteiger partial charge in [0.05, 0.1) is 4.92 Å². The van der Waals surface area contributed by atoms with E-state index in [1.807, 2.05) is 19.1 Å². The van der Waals surface area contributed by atoms with Crippen molar-refractivity contribution in [2.24, 2.45) is 4.99 Å². The third-order valence-electron chi connectivity index (χ3n) is 2.62. The first-order valence-corrected chi connectivity index (χ1v) is 5.13. The zero-order valence-corrected chi connectivity index (χ0v) is 9.01. The lowest BCUT2D eigenvalue weighted by molar-refractivity contribution is -0.384. The van der Waals surface area contributed by atoms with E-state index in [1.54, 1.807) is 12.1 Å². The normalized spacial score (nSPS) is 17.6. The van der Waals surface area contributed by atoms with Gasteiger partial charge in [-0.2, -0.15) is 0 Å². The maximum Gasteiger partial charge on any atom is 0.270 e. The van der Waals surface area contributed by atoms with Gasteiger partial charge in [0.15, 0.2) is 0 Å². The Morgan fingerprint density at radius 3 is 2.94 bits per heavy atom. The van der Waals surface area contributed by atoms with Gasteiger partial charge in [-0.3, -0.25) is 15.1 Å². The van der Waals surface area contributed by atoms with Crippen LogP contribution in [0.15, 0.2) is 34.8 Å². The Morgan fingerprint density at radius 1 is 1.50 bits per heavy atom. The smallest absolute Gasteiger partial charge is 0.270 e. The zero-order valence-electron chi connectivity index (χ0n) is 9.01. The van der Waals surface area contributed by atoms with Gasteiger partial charge in [0.1, 0.15) is 0 Å². The number of benzene rings is 1. The maximum absolute atomic E-state index is 10.6.